The molecule has 32 heavy (non-hydrogen) atoms. The van der Waals surface area contributed by atoms with Crippen LogP contribution in [0.25, 0.3) is 32.3 Å². The highest BCUT2D eigenvalue weighted by Gasteiger charge is 2.13. The van der Waals surface area contributed by atoms with Gasteiger partial charge >= 0.3 is 0 Å². The van der Waals surface area contributed by atoms with Crippen molar-refractivity contribution in [3.05, 3.63) is 90.3 Å². The lowest BCUT2D eigenvalue weighted by Gasteiger charge is -2.18. The molecule has 1 aliphatic rings. The van der Waals surface area contributed by atoms with Crippen LogP contribution in [0.4, 0.5) is 0 Å². The first-order chi connectivity index (χ1) is 15.8. The van der Waals surface area contributed by atoms with Crippen LogP contribution < -0.4 is 9.47 Å². The molecule has 4 aromatic carbocycles. The number of aryl methyl sites for hydroxylation is 2. The van der Waals surface area contributed by atoms with Gasteiger partial charge in [0.05, 0.1) is 14.2 Å². The fourth-order valence-corrected chi connectivity index (χ4v) is 4.83. The normalized spacial score (nSPS) is 12.8. The Balaban J connectivity index is 0.000000140. The summed E-state index contributed by atoms with van der Waals surface area (Å²) in [6.07, 6.45) is 8.76. The fraction of sp³-hybridized carbons (Fsp3) is 0.207. The van der Waals surface area contributed by atoms with Gasteiger partial charge < -0.3 is 9.47 Å². The maximum absolute atomic E-state index is 5.30. The van der Waals surface area contributed by atoms with Crippen LogP contribution >= 0.6 is 0 Å². The first-order valence-corrected chi connectivity index (χ1v) is 11.2. The number of ether oxygens (including phenoxy) is 2. The van der Waals surface area contributed by atoms with Crippen LogP contribution in [0.1, 0.15) is 24.0 Å². The van der Waals surface area contributed by atoms with Crippen molar-refractivity contribution in [3.8, 4) is 11.5 Å². The zero-order valence-electron chi connectivity index (χ0n) is 18.6. The Morgan fingerprint density at radius 3 is 2.34 bits per heavy atom. The molecule has 1 aromatic heterocycles. The third-order valence-corrected chi connectivity index (χ3v) is 6.42. The summed E-state index contributed by atoms with van der Waals surface area (Å²) in [4.78, 5) is 4.05. The molecule has 0 spiro atoms. The molecule has 3 nitrogen and oxygen atoms in total. The highest BCUT2D eigenvalue weighted by atomic mass is 16.5. The van der Waals surface area contributed by atoms with Gasteiger partial charge in [0.2, 0.25) is 0 Å². The number of methoxy groups -OCH3 is 2. The lowest BCUT2D eigenvalue weighted by molar-refractivity contribution is 0.358. The summed E-state index contributed by atoms with van der Waals surface area (Å²) in [7, 11) is 3.27. The fourth-order valence-electron chi connectivity index (χ4n) is 4.83. The van der Waals surface area contributed by atoms with Gasteiger partial charge in [0.15, 0.2) is 11.5 Å². The number of hydrogen-bond donors (Lipinski definition) is 0. The minimum absolute atomic E-state index is 0.742. The summed E-state index contributed by atoms with van der Waals surface area (Å²) in [5.74, 6) is 1.50. The standard InChI is InChI=1S/C18H16.C11H11NO2/c1-3-7-15-13(5-1)9-11-18-16-8-4-2-6-14(16)10-12-17(15)18;1-13-10-4-3-8-7-12-6-5-9(8)11(10)14-2/h1,3,5,7,9-12H,2,4,6,8H2;3-7H,1-2H3. The van der Waals surface area contributed by atoms with Crippen LogP contribution in [0, 0.1) is 0 Å². The largest absolute Gasteiger partial charge is 0.493 e. The van der Waals surface area contributed by atoms with Crippen LogP contribution in [0.15, 0.2) is 79.1 Å². The summed E-state index contributed by atoms with van der Waals surface area (Å²) in [6.45, 7) is 0. The van der Waals surface area contributed by atoms with Crippen molar-refractivity contribution in [1.82, 2.24) is 4.98 Å². The van der Waals surface area contributed by atoms with Crippen LogP contribution in [-0.4, -0.2) is 19.2 Å². The SMILES string of the molecule is COc1ccc2cnccc2c1OC.c1ccc2c(c1)ccc1c3c(ccc12)CCCC3. The zero-order valence-corrected chi connectivity index (χ0v) is 18.6. The van der Waals surface area contributed by atoms with Gasteiger partial charge in [0.25, 0.3) is 0 Å². The maximum Gasteiger partial charge on any atom is 0.168 e. The summed E-state index contributed by atoms with van der Waals surface area (Å²) in [5, 5.41) is 7.70. The molecule has 6 rings (SSSR count). The minimum Gasteiger partial charge on any atom is -0.493 e. The van der Waals surface area contributed by atoms with E-state index in [0.717, 1.165) is 22.3 Å². The summed E-state index contributed by atoms with van der Waals surface area (Å²) in [5.41, 5.74) is 3.17. The summed E-state index contributed by atoms with van der Waals surface area (Å²) < 4.78 is 10.5. The Morgan fingerprint density at radius 2 is 1.47 bits per heavy atom. The van der Waals surface area contributed by atoms with E-state index in [1.807, 2.05) is 18.2 Å². The second kappa shape index (κ2) is 8.88. The number of hydrogen-bond acceptors (Lipinski definition) is 3. The highest BCUT2D eigenvalue weighted by Crippen LogP contribution is 2.35. The zero-order chi connectivity index (χ0) is 21.9. The Hall–Kier alpha value is -3.59. The Labute approximate surface area is 188 Å². The second-order valence-corrected chi connectivity index (χ2v) is 8.19. The first kappa shape index (κ1) is 20.3. The van der Waals surface area contributed by atoms with E-state index in [-0.39, 0.29) is 0 Å². The van der Waals surface area contributed by atoms with Gasteiger partial charge in [-0.2, -0.15) is 0 Å². The number of aromatic nitrogens is 1. The topological polar surface area (TPSA) is 31.4 Å². The Bertz CT molecular complexity index is 1410. The molecule has 0 N–H and O–H groups in total. The van der Waals surface area contributed by atoms with Crippen molar-refractivity contribution in [2.75, 3.05) is 14.2 Å². The van der Waals surface area contributed by atoms with Gasteiger partial charge in [-0.15, -0.1) is 0 Å². The molecule has 3 heteroatoms. The molecule has 0 amide bonds. The third kappa shape index (κ3) is 3.64. The van der Waals surface area contributed by atoms with E-state index < -0.39 is 0 Å². The Kier molecular flexibility index (Phi) is 5.64. The molecular formula is C29H27NO2. The van der Waals surface area contributed by atoms with Gasteiger partial charge in [-0.25, -0.2) is 0 Å². The van der Waals surface area contributed by atoms with E-state index in [0.29, 0.717) is 0 Å². The highest BCUT2D eigenvalue weighted by molar-refractivity contribution is 6.08. The number of rotatable bonds is 2. The molecule has 0 atom stereocenters. The molecule has 0 unspecified atom stereocenters. The van der Waals surface area contributed by atoms with E-state index >= 15 is 0 Å². The van der Waals surface area contributed by atoms with Gasteiger partial charge in [-0.1, -0.05) is 48.5 Å². The van der Waals surface area contributed by atoms with E-state index in [2.05, 4.69) is 53.5 Å². The van der Waals surface area contributed by atoms with Gasteiger partial charge in [-0.3, -0.25) is 4.98 Å². The number of fused-ring (bicyclic) bond motifs is 6. The molecule has 5 aromatic rings. The molecule has 0 radical (unpaired) electrons. The summed E-state index contributed by atoms with van der Waals surface area (Å²) >= 11 is 0. The predicted octanol–water partition coefficient (Wildman–Crippen LogP) is 7.12. The monoisotopic (exact) mass is 421 g/mol. The predicted molar refractivity (Wildman–Crippen MR) is 133 cm³/mol. The number of benzene rings is 4. The molecule has 0 saturated carbocycles. The molecule has 160 valence electrons. The van der Waals surface area contributed by atoms with E-state index in [9.17, 15) is 0 Å². The number of nitrogens with zero attached hydrogens (tertiary/aromatic N) is 1. The lowest BCUT2D eigenvalue weighted by Crippen LogP contribution is -2.02. The Morgan fingerprint density at radius 1 is 0.656 bits per heavy atom. The van der Waals surface area contributed by atoms with Crippen molar-refractivity contribution in [2.24, 2.45) is 0 Å². The molecule has 0 aliphatic heterocycles. The smallest absolute Gasteiger partial charge is 0.168 e. The minimum atomic E-state index is 0.742. The summed E-state index contributed by atoms with van der Waals surface area (Å²) in [6, 6.07) is 23.7. The van der Waals surface area contributed by atoms with Crippen LogP contribution in [0.5, 0.6) is 11.5 Å². The van der Waals surface area contributed by atoms with Crippen molar-refractivity contribution in [3.63, 3.8) is 0 Å². The molecule has 0 fully saturated rings. The molecule has 1 aliphatic carbocycles. The van der Waals surface area contributed by atoms with E-state index in [4.69, 9.17) is 9.47 Å². The van der Waals surface area contributed by atoms with Gasteiger partial charge in [0.1, 0.15) is 0 Å². The molecule has 0 bridgehead atoms. The quantitative estimate of drug-likeness (QED) is 0.284. The first-order valence-electron chi connectivity index (χ1n) is 11.2. The molecule has 0 saturated heterocycles. The lowest BCUT2D eigenvalue weighted by atomic mass is 9.86. The van der Waals surface area contributed by atoms with Crippen LogP contribution in [-0.2, 0) is 12.8 Å². The average Bonchev–Trinajstić information content (AvgIpc) is 2.88. The van der Waals surface area contributed by atoms with Crippen molar-refractivity contribution >= 4 is 32.3 Å². The van der Waals surface area contributed by atoms with Gasteiger partial charge in [0, 0.05) is 23.2 Å². The molecular weight excluding hydrogens is 394 g/mol. The third-order valence-electron chi connectivity index (χ3n) is 6.42. The second-order valence-electron chi connectivity index (χ2n) is 8.19. The van der Waals surface area contributed by atoms with E-state index in [1.54, 1.807) is 37.7 Å². The molecule has 1 heterocycles. The van der Waals surface area contributed by atoms with Crippen LogP contribution in [0.2, 0.25) is 0 Å². The van der Waals surface area contributed by atoms with Crippen molar-refractivity contribution in [2.45, 2.75) is 25.7 Å². The van der Waals surface area contributed by atoms with Gasteiger partial charge in [-0.05, 0) is 76.6 Å². The van der Waals surface area contributed by atoms with Crippen molar-refractivity contribution in [1.29, 1.82) is 0 Å². The van der Waals surface area contributed by atoms with E-state index in [1.165, 1.54) is 47.2 Å². The average molecular weight is 422 g/mol. The number of pyridine rings is 1. The van der Waals surface area contributed by atoms with Crippen molar-refractivity contribution < 1.29 is 9.47 Å². The maximum atomic E-state index is 5.30. The van der Waals surface area contributed by atoms with Crippen LogP contribution in [0.3, 0.4) is 0 Å².